The largest absolute Gasteiger partial charge is 0.508 e. The number of para-hydroxylation sites is 1. The van der Waals surface area contributed by atoms with Crippen molar-refractivity contribution in [3.05, 3.63) is 220 Å². The smallest absolute Gasteiger partial charge is 0.416 e. The maximum atomic E-state index is 14.2. The van der Waals surface area contributed by atoms with Crippen molar-refractivity contribution in [1.82, 2.24) is 0 Å². The third kappa shape index (κ3) is 14.1. The third-order valence-corrected chi connectivity index (χ3v) is 12.8. The summed E-state index contributed by atoms with van der Waals surface area (Å²) < 4.78 is 348. The molecular formula is C55H30BF24NO3. The zero-order chi connectivity index (χ0) is 62.6. The van der Waals surface area contributed by atoms with Gasteiger partial charge in [-0.25, -0.2) is 4.79 Å². The molecule has 7 aromatic carbocycles. The van der Waals surface area contributed by atoms with Gasteiger partial charge in [-0.15, -0.1) is 0 Å². The van der Waals surface area contributed by atoms with Crippen molar-refractivity contribution in [2.45, 2.75) is 56.0 Å². The number of hydrogen-bond acceptors (Lipinski definition) is 3. The molecule has 444 valence electrons. The monoisotopic (exact) mass is 1220 g/mol. The number of phenols is 1. The summed E-state index contributed by atoms with van der Waals surface area (Å²) in [4.78, 5) is 12.8. The zero-order valence-electron chi connectivity index (χ0n) is 41.2. The highest BCUT2D eigenvalue weighted by Gasteiger charge is 2.47. The van der Waals surface area contributed by atoms with Gasteiger partial charge in [-0.3, -0.25) is 0 Å². The Kier molecular flexibility index (Phi) is 16.8. The lowest BCUT2D eigenvalue weighted by atomic mass is 9.12. The van der Waals surface area contributed by atoms with Gasteiger partial charge in [0.15, 0.2) is 6.54 Å². The molecule has 0 unspecified atom stereocenters. The van der Waals surface area contributed by atoms with E-state index >= 15 is 0 Å². The fourth-order valence-corrected chi connectivity index (χ4v) is 9.12. The van der Waals surface area contributed by atoms with Crippen molar-refractivity contribution in [3.8, 4) is 11.5 Å². The molecule has 0 amide bonds. The van der Waals surface area contributed by atoms with E-state index < -0.39 is 201 Å². The van der Waals surface area contributed by atoms with E-state index in [1.165, 1.54) is 12.1 Å². The number of pyridine rings is 1. The lowest BCUT2D eigenvalue weighted by Crippen LogP contribution is -2.75. The van der Waals surface area contributed by atoms with Gasteiger partial charge in [0.25, 0.3) is 5.69 Å². The number of esters is 1. The van der Waals surface area contributed by atoms with Crippen LogP contribution in [0.5, 0.6) is 11.5 Å². The molecule has 29 heteroatoms. The van der Waals surface area contributed by atoms with Gasteiger partial charge in [-0.2, -0.15) is 132 Å². The maximum Gasteiger partial charge on any atom is 0.416 e. The Morgan fingerprint density at radius 3 is 0.976 bits per heavy atom. The molecule has 1 aromatic heterocycles. The minimum Gasteiger partial charge on any atom is -0.508 e. The van der Waals surface area contributed by atoms with E-state index in [1.807, 2.05) is 65.2 Å². The van der Waals surface area contributed by atoms with E-state index in [4.69, 9.17) is 4.74 Å². The van der Waals surface area contributed by atoms with Crippen LogP contribution in [0.25, 0.3) is 10.9 Å². The Morgan fingerprint density at radius 2 is 0.667 bits per heavy atom. The van der Waals surface area contributed by atoms with Crippen molar-refractivity contribution >= 4 is 44.9 Å². The minimum atomic E-state index is -6.13. The van der Waals surface area contributed by atoms with E-state index in [0.717, 1.165) is 16.5 Å². The summed E-state index contributed by atoms with van der Waals surface area (Å²) in [7, 11) is 0. The normalized spacial score (nSPS) is 13.1. The molecule has 0 aliphatic carbocycles. The van der Waals surface area contributed by atoms with Crippen LogP contribution in [-0.4, -0.2) is 17.2 Å². The molecule has 8 aromatic rings. The maximum absolute atomic E-state index is 14.2. The summed E-state index contributed by atoms with van der Waals surface area (Å²) >= 11 is 0. The number of phenolic OH excluding ortho intramolecular Hbond substituents is 1. The minimum absolute atomic E-state index is 0.125. The SMILES string of the molecule is FC(F)(F)c1cc([B-](c2cc(C(F)(F)F)cc(C(F)(F)F)c2)(c2cc(C(F)(F)F)cc(C(F)(F)F)c2)c2cc(C(F)(F)F)cc(C(F)(F)F)c2)cc(C(F)(F)F)c1.O=C(Oc1ccc(O)cc1)c1ccc2ccccc2[n+]1Cc1ccccc1. The van der Waals surface area contributed by atoms with Crippen LogP contribution in [0.4, 0.5) is 105 Å². The van der Waals surface area contributed by atoms with Crippen LogP contribution in [0.3, 0.4) is 0 Å². The van der Waals surface area contributed by atoms with Gasteiger partial charge in [-0.1, -0.05) is 91.0 Å². The number of alkyl halides is 24. The van der Waals surface area contributed by atoms with Crippen LogP contribution in [0, 0.1) is 0 Å². The second-order valence-electron chi connectivity index (χ2n) is 18.5. The number of halogens is 24. The molecule has 1 heterocycles. The fourth-order valence-electron chi connectivity index (χ4n) is 9.12. The Labute approximate surface area is 455 Å². The molecule has 0 spiro atoms. The Hall–Kier alpha value is -8.40. The first kappa shape index (κ1) is 63.2. The van der Waals surface area contributed by atoms with Crippen molar-refractivity contribution < 1.29 is 125 Å². The fraction of sp³-hybridized carbons (Fsp3) is 0.164. The van der Waals surface area contributed by atoms with E-state index in [9.17, 15) is 115 Å². The Morgan fingerprint density at radius 1 is 0.369 bits per heavy atom. The lowest BCUT2D eigenvalue weighted by Gasteiger charge is -2.46. The van der Waals surface area contributed by atoms with Crippen molar-refractivity contribution in [2.24, 2.45) is 0 Å². The number of carbonyl (C=O) groups excluding carboxylic acids is 1. The van der Waals surface area contributed by atoms with Crippen LogP contribution >= 0.6 is 0 Å². The molecule has 0 bridgehead atoms. The van der Waals surface area contributed by atoms with Gasteiger partial charge in [0.2, 0.25) is 5.52 Å². The summed E-state index contributed by atoms with van der Waals surface area (Å²) in [5.74, 6) is 0.0687. The molecular weight excluding hydrogens is 1190 g/mol. The van der Waals surface area contributed by atoms with Crippen LogP contribution in [-0.2, 0) is 56.0 Å². The predicted molar refractivity (Wildman–Crippen MR) is 253 cm³/mol. The topological polar surface area (TPSA) is 50.4 Å². The molecule has 84 heavy (non-hydrogen) atoms. The number of fused-ring (bicyclic) bond motifs is 1. The number of aromatic hydroxyl groups is 1. The van der Waals surface area contributed by atoms with Crippen LogP contribution in [0.15, 0.2) is 164 Å². The number of nitrogens with zero attached hydrogens (tertiary/aromatic N) is 1. The number of hydrogen-bond donors (Lipinski definition) is 1. The van der Waals surface area contributed by atoms with E-state index in [0.29, 0.717) is 18.0 Å². The van der Waals surface area contributed by atoms with Gasteiger partial charge in [0.1, 0.15) is 17.6 Å². The van der Waals surface area contributed by atoms with E-state index in [2.05, 4.69) is 0 Å². The molecule has 1 N–H and O–H groups in total. The predicted octanol–water partition coefficient (Wildman–Crippen LogP) is 15.3. The number of rotatable bonds is 8. The highest BCUT2D eigenvalue weighted by atomic mass is 19.4. The highest BCUT2D eigenvalue weighted by molar-refractivity contribution is 7.20. The quantitative estimate of drug-likeness (QED) is 0.0542. The first-order valence-electron chi connectivity index (χ1n) is 23.3. The van der Waals surface area contributed by atoms with Crippen LogP contribution in [0.1, 0.15) is 60.6 Å². The number of carbonyl (C=O) groups is 1. The van der Waals surface area contributed by atoms with E-state index in [-0.39, 0.29) is 5.75 Å². The molecule has 0 aliphatic rings. The second-order valence-corrected chi connectivity index (χ2v) is 18.5. The first-order valence-corrected chi connectivity index (χ1v) is 23.3. The van der Waals surface area contributed by atoms with Gasteiger partial charge in [-0.05, 0) is 60.7 Å². The standard InChI is InChI=1S/C32H12BF24.C23H17NO3/c34-25(35,36)13-1-14(26(37,38)39)6-21(5-13)33(22-7-15(27(40,41)42)2-16(8-22)28(43,44)45,23-9-17(29(46,47)48)3-18(10-23)30(49,50)51)24-11-19(31(52,53)54)4-20(12-24)32(55,56)57;25-19-11-13-20(14-12-19)27-23(26)22-15-10-18-8-4-5-9-21(18)24(22)16-17-6-2-1-3-7-17/h1-12H;1-15H,16H2/q-1;/p+1. The van der Waals surface area contributed by atoms with Gasteiger partial charge in [0.05, 0.1) is 44.5 Å². The number of ether oxygens (including phenoxy) is 1. The Balaban J connectivity index is 0.000000309. The molecule has 0 radical (unpaired) electrons. The molecule has 0 saturated heterocycles. The summed E-state index contributed by atoms with van der Waals surface area (Å²) in [5.41, 5.74) is -27.7. The van der Waals surface area contributed by atoms with Gasteiger partial charge >= 0.3 is 55.4 Å². The molecule has 4 nitrogen and oxygen atoms in total. The average molecular weight is 1220 g/mol. The third-order valence-electron chi connectivity index (χ3n) is 12.8. The van der Waals surface area contributed by atoms with Crippen LogP contribution in [0.2, 0.25) is 0 Å². The summed E-state index contributed by atoms with van der Waals surface area (Å²) in [6.07, 6.45) is -54.8. The number of benzene rings is 7. The lowest BCUT2D eigenvalue weighted by molar-refractivity contribution is -0.664. The summed E-state index contributed by atoms with van der Waals surface area (Å²) in [6.45, 7) is 0.558. The zero-order valence-corrected chi connectivity index (χ0v) is 41.2. The molecule has 0 saturated carbocycles. The highest BCUT2D eigenvalue weighted by Crippen LogP contribution is 2.42. The molecule has 0 fully saturated rings. The molecule has 8 rings (SSSR count). The summed E-state index contributed by atoms with van der Waals surface area (Å²) in [6, 6.07) is 18.9. The number of aromatic nitrogens is 1. The summed E-state index contributed by atoms with van der Waals surface area (Å²) in [5, 5.41) is 10.4. The van der Waals surface area contributed by atoms with Crippen molar-refractivity contribution in [1.29, 1.82) is 0 Å². The van der Waals surface area contributed by atoms with Gasteiger partial charge in [0, 0.05) is 23.1 Å². The second kappa shape index (κ2) is 22.3. The van der Waals surface area contributed by atoms with Crippen LogP contribution < -0.4 is 31.2 Å². The first-order chi connectivity index (χ1) is 38.5. The average Bonchev–Trinajstić information content (AvgIpc) is 0.768. The van der Waals surface area contributed by atoms with Crippen molar-refractivity contribution in [3.63, 3.8) is 0 Å². The van der Waals surface area contributed by atoms with E-state index in [1.54, 1.807) is 18.2 Å². The molecule has 0 atom stereocenters. The van der Waals surface area contributed by atoms with Crippen molar-refractivity contribution in [2.75, 3.05) is 0 Å². The molecule has 0 aliphatic heterocycles. The Bertz CT molecular complexity index is 3270. The van der Waals surface area contributed by atoms with Gasteiger partial charge < -0.3 is 9.84 Å².